The van der Waals surface area contributed by atoms with Gasteiger partial charge >= 0.3 is 0 Å². The molecule has 0 aliphatic carbocycles. The van der Waals surface area contributed by atoms with Crippen molar-refractivity contribution in [1.29, 1.82) is 0 Å². The first-order chi connectivity index (χ1) is 9.85. The summed E-state index contributed by atoms with van der Waals surface area (Å²) < 4.78 is 16.2. The Balaban J connectivity index is 1.74. The number of fused-ring (bicyclic) bond motifs is 1. The number of hydrogen-bond donors (Lipinski definition) is 1. The Labute approximate surface area is 116 Å². The van der Waals surface area contributed by atoms with Crippen molar-refractivity contribution in [1.82, 2.24) is 9.97 Å². The minimum atomic E-state index is 0.245. The first-order valence-electron chi connectivity index (χ1n) is 6.48. The maximum Gasteiger partial charge on any atom is 0.239 e. The van der Waals surface area contributed by atoms with Gasteiger partial charge in [-0.1, -0.05) is 6.92 Å². The van der Waals surface area contributed by atoms with Crippen molar-refractivity contribution in [3.63, 3.8) is 0 Å². The van der Waals surface area contributed by atoms with Crippen LogP contribution in [-0.2, 0) is 0 Å². The zero-order chi connectivity index (χ0) is 13.8. The highest BCUT2D eigenvalue weighted by molar-refractivity contribution is 5.47. The molecule has 0 saturated carbocycles. The molecule has 6 heteroatoms. The smallest absolute Gasteiger partial charge is 0.239 e. The third-order valence-corrected chi connectivity index (χ3v) is 2.74. The highest BCUT2D eigenvalue weighted by Crippen LogP contribution is 2.36. The molecule has 0 bridgehead atoms. The molecule has 6 nitrogen and oxygen atoms in total. The van der Waals surface area contributed by atoms with E-state index < -0.39 is 0 Å². The fourth-order valence-corrected chi connectivity index (χ4v) is 1.80. The minimum absolute atomic E-state index is 0.245. The molecular weight excluding hydrogens is 258 g/mol. The maximum atomic E-state index is 5.68. The Morgan fingerprint density at radius 1 is 1.25 bits per heavy atom. The summed E-state index contributed by atoms with van der Waals surface area (Å²) in [4.78, 5) is 8.43. The fourth-order valence-electron chi connectivity index (χ4n) is 1.80. The zero-order valence-electron chi connectivity index (χ0n) is 11.1. The number of hydrogen-bond acceptors (Lipinski definition) is 6. The van der Waals surface area contributed by atoms with E-state index in [4.69, 9.17) is 14.2 Å². The van der Waals surface area contributed by atoms with Crippen LogP contribution in [0.3, 0.4) is 0 Å². The van der Waals surface area contributed by atoms with Crippen molar-refractivity contribution in [3.8, 4) is 23.1 Å². The second kappa shape index (κ2) is 5.64. The summed E-state index contributed by atoms with van der Waals surface area (Å²) in [6.45, 7) is 3.19. The molecule has 0 fully saturated rings. The molecule has 0 saturated heterocycles. The van der Waals surface area contributed by atoms with Gasteiger partial charge in [-0.25, -0.2) is 0 Å². The minimum Gasteiger partial charge on any atom is -0.454 e. The molecule has 0 amide bonds. The van der Waals surface area contributed by atoms with Gasteiger partial charge in [-0.05, 0) is 18.6 Å². The number of nitrogens with one attached hydrogen (secondary N) is 1. The van der Waals surface area contributed by atoms with Gasteiger partial charge in [0.15, 0.2) is 11.5 Å². The van der Waals surface area contributed by atoms with Crippen molar-refractivity contribution in [2.24, 2.45) is 0 Å². The molecule has 2 heterocycles. The van der Waals surface area contributed by atoms with E-state index >= 15 is 0 Å². The predicted molar refractivity (Wildman–Crippen MR) is 73.5 cm³/mol. The van der Waals surface area contributed by atoms with E-state index in [1.54, 1.807) is 24.5 Å². The highest BCUT2D eigenvalue weighted by Gasteiger charge is 2.14. The second-order valence-electron chi connectivity index (χ2n) is 4.29. The van der Waals surface area contributed by atoms with Crippen LogP contribution in [0.15, 0.2) is 30.6 Å². The van der Waals surface area contributed by atoms with Crippen LogP contribution < -0.4 is 19.5 Å². The Bertz CT molecular complexity index is 604. The van der Waals surface area contributed by atoms with Crippen LogP contribution in [0, 0.1) is 0 Å². The van der Waals surface area contributed by atoms with Crippen LogP contribution in [0.1, 0.15) is 13.3 Å². The summed E-state index contributed by atoms with van der Waals surface area (Å²) in [5.41, 5.74) is 0. The second-order valence-corrected chi connectivity index (χ2v) is 4.29. The van der Waals surface area contributed by atoms with Crippen LogP contribution in [0.2, 0.25) is 0 Å². The van der Waals surface area contributed by atoms with Gasteiger partial charge in [0.25, 0.3) is 0 Å². The van der Waals surface area contributed by atoms with Crippen LogP contribution in [-0.4, -0.2) is 23.3 Å². The molecule has 20 heavy (non-hydrogen) atoms. The normalized spacial score (nSPS) is 12.2. The summed E-state index contributed by atoms with van der Waals surface area (Å²) in [5, 5.41) is 3.16. The molecule has 2 aromatic rings. The van der Waals surface area contributed by atoms with E-state index in [9.17, 15) is 0 Å². The van der Waals surface area contributed by atoms with Crippen molar-refractivity contribution in [2.75, 3.05) is 18.7 Å². The van der Waals surface area contributed by atoms with E-state index in [1.807, 2.05) is 6.07 Å². The number of ether oxygens (including phenoxy) is 3. The number of benzene rings is 1. The molecule has 0 spiro atoms. The Hall–Kier alpha value is -2.50. The van der Waals surface area contributed by atoms with Crippen LogP contribution >= 0.6 is 0 Å². The summed E-state index contributed by atoms with van der Waals surface area (Å²) in [7, 11) is 0. The Morgan fingerprint density at radius 3 is 3.05 bits per heavy atom. The Kier molecular flexibility index (Phi) is 3.54. The third-order valence-electron chi connectivity index (χ3n) is 2.74. The molecule has 0 unspecified atom stereocenters. The molecule has 1 aromatic carbocycles. The number of aromatic nitrogens is 2. The quantitative estimate of drug-likeness (QED) is 0.903. The zero-order valence-corrected chi connectivity index (χ0v) is 11.1. The standard InChI is InChI=1S/C14H15N3O3/c1-2-5-16-13-7-15-8-14(17-13)20-10-3-4-11-12(6-10)19-9-18-11/h3-4,6-8H,2,5,9H2,1H3,(H,16,17). The summed E-state index contributed by atoms with van der Waals surface area (Å²) in [5.74, 6) is 3.17. The van der Waals surface area contributed by atoms with Crippen molar-refractivity contribution in [3.05, 3.63) is 30.6 Å². The van der Waals surface area contributed by atoms with Crippen LogP contribution in [0.5, 0.6) is 23.1 Å². The molecule has 3 rings (SSSR count). The van der Waals surface area contributed by atoms with Gasteiger partial charge in [-0.2, -0.15) is 4.98 Å². The van der Waals surface area contributed by atoms with Gasteiger partial charge in [-0.15, -0.1) is 0 Å². The molecule has 0 atom stereocenters. The van der Waals surface area contributed by atoms with Gasteiger partial charge in [0, 0.05) is 12.6 Å². The monoisotopic (exact) mass is 273 g/mol. The first-order valence-corrected chi connectivity index (χ1v) is 6.48. The van der Waals surface area contributed by atoms with Gasteiger partial charge in [0.1, 0.15) is 11.6 Å². The van der Waals surface area contributed by atoms with Gasteiger partial charge in [0.05, 0.1) is 12.4 Å². The van der Waals surface area contributed by atoms with Crippen molar-refractivity contribution in [2.45, 2.75) is 13.3 Å². The topological polar surface area (TPSA) is 65.5 Å². The molecule has 1 aromatic heterocycles. The van der Waals surface area contributed by atoms with E-state index in [0.717, 1.165) is 18.7 Å². The number of rotatable bonds is 5. The van der Waals surface area contributed by atoms with E-state index in [0.29, 0.717) is 23.2 Å². The average molecular weight is 273 g/mol. The summed E-state index contributed by atoms with van der Waals surface area (Å²) in [6.07, 6.45) is 4.26. The maximum absolute atomic E-state index is 5.68. The SMILES string of the molecule is CCCNc1cncc(Oc2ccc3c(c2)OCO3)n1. The van der Waals surface area contributed by atoms with E-state index in [1.165, 1.54) is 0 Å². The number of anilines is 1. The third kappa shape index (κ3) is 2.74. The molecular formula is C14H15N3O3. The highest BCUT2D eigenvalue weighted by atomic mass is 16.7. The van der Waals surface area contributed by atoms with Crippen LogP contribution in [0.25, 0.3) is 0 Å². The lowest BCUT2D eigenvalue weighted by Gasteiger charge is -2.07. The fraction of sp³-hybridized carbons (Fsp3) is 0.286. The first kappa shape index (κ1) is 12.5. The van der Waals surface area contributed by atoms with Gasteiger partial charge < -0.3 is 19.5 Å². The molecule has 1 N–H and O–H groups in total. The molecule has 104 valence electrons. The average Bonchev–Trinajstić information content (AvgIpc) is 2.93. The van der Waals surface area contributed by atoms with Crippen molar-refractivity contribution < 1.29 is 14.2 Å². The lowest BCUT2D eigenvalue weighted by Crippen LogP contribution is -2.02. The molecule has 1 aliphatic heterocycles. The predicted octanol–water partition coefficient (Wildman–Crippen LogP) is 2.82. The lowest BCUT2D eigenvalue weighted by atomic mass is 10.3. The molecule has 1 aliphatic rings. The lowest BCUT2D eigenvalue weighted by molar-refractivity contribution is 0.174. The van der Waals surface area contributed by atoms with Gasteiger partial charge in [-0.3, -0.25) is 4.98 Å². The Morgan fingerprint density at radius 2 is 2.15 bits per heavy atom. The van der Waals surface area contributed by atoms with E-state index in [-0.39, 0.29) is 6.79 Å². The van der Waals surface area contributed by atoms with Crippen LogP contribution in [0.4, 0.5) is 5.82 Å². The molecule has 0 radical (unpaired) electrons. The van der Waals surface area contributed by atoms with E-state index in [2.05, 4.69) is 22.2 Å². The largest absolute Gasteiger partial charge is 0.454 e. The summed E-state index contributed by atoms with van der Waals surface area (Å²) in [6, 6.07) is 5.39. The number of nitrogens with zero attached hydrogens (tertiary/aromatic N) is 2. The van der Waals surface area contributed by atoms with Gasteiger partial charge in [0.2, 0.25) is 12.7 Å². The van der Waals surface area contributed by atoms with Crippen molar-refractivity contribution >= 4 is 5.82 Å². The summed E-state index contributed by atoms with van der Waals surface area (Å²) >= 11 is 0.